The predicted octanol–water partition coefficient (Wildman–Crippen LogP) is 2.99. The van der Waals surface area contributed by atoms with E-state index in [9.17, 15) is 14.4 Å². The highest BCUT2D eigenvalue weighted by atomic mass is 16.2. The van der Waals surface area contributed by atoms with Crippen molar-refractivity contribution in [1.29, 1.82) is 0 Å². The number of nitrogens with zero attached hydrogens (tertiary/aromatic N) is 2. The summed E-state index contributed by atoms with van der Waals surface area (Å²) in [6, 6.07) is 20.0. The molecule has 0 saturated carbocycles. The molecule has 2 amide bonds. The molecule has 7 nitrogen and oxygen atoms in total. The maximum atomic E-state index is 12.8. The fourth-order valence-electron chi connectivity index (χ4n) is 3.70. The molecule has 0 radical (unpaired) electrons. The van der Waals surface area contributed by atoms with Crippen molar-refractivity contribution in [3.05, 3.63) is 82.6 Å². The van der Waals surface area contributed by atoms with E-state index in [1.807, 2.05) is 43.3 Å². The third-order valence-corrected chi connectivity index (χ3v) is 5.38. The first kappa shape index (κ1) is 19.6. The molecule has 152 valence electrons. The van der Waals surface area contributed by atoms with Crippen LogP contribution in [0, 0.1) is 5.92 Å². The first-order valence-corrected chi connectivity index (χ1v) is 9.83. The van der Waals surface area contributed by atoms with Gasteiger partial charge in [0.25, 0.3) is 5.56 Å². The number of anilines is 1. The first-order chi connectivity index (χ1) is 14.5. The third kappa shape index (κ3) is 4.15. The molecule has 1 saturated heterocycles. The van der Waals surface area contributed by atoms with Crippen molar-refractivity contribution < 1.29 is 9.59 Å². The van der Waals surface area contributed by atoms with Gasteiger partial charge in [0.15, 0.2) is 0 Å². The van der Waals surface area contributed by atoms with Crippen molar-refractivity contribution in [3.8, 4) is 11.3 Å². The summed E-state index contributed by atoms with van der Waals surface area (Å²) in [6.07, 6.45) is 0.199. The van der Waals surface area contributed by atoms with Gasteiger partial charge in [-0.15, -0.1) is 0 Å². The number of hydrogen-bond donors (Lipinski definition) is 2. The van der Waals surface area contributed by atoms with Gasteiger partial charge in [-0.05, 0) is 30.7 Å². The average molecular weight is 402 g/mol. The highest BCUT2D eigenvalue weighted by Crippen LogP contribution is 2.29. The Labute approximate surface area is 173 Å². The van der Waals surface area contributed by atoms with Gasteiger partial charge in [0.2, 0.25) is 11.8 Å². The molecule has 2 unspecified atom stereocenters. The molecule has 2 heterocycles. The van der Waals surface area contributed by atoms with E-state index in [1.54, 1.807) is 29.2 Å². The van der Waals surface area contributed by atoms with E-state index in [-0.39, 0.29) is 29.8 Å². The Morgan fingerprint density at radius 2 is 1.90 bits per heavy atom. The smallest absolute Gasteiger partial charge is 0.264 e. The van der Waals surface area contributed by atoms with Crippen LogP contribution in [0.2, 0.25) is 0 Å². The zero-order chi connectivity index (χ0) is 21.1. The quantitative estimate of drug-likeness (QED) is 0.686. The van der Waals surface area contributed by atoms with Crippen molar-refractivity contribution in [2.45, 2.75) is 19.4 Å². The SMILES string of the molecule is CC(c1ccccc1)N1CC(C(=O)Nc2cccc(-c3ccc(=O)[nH]n3)c2)CC1=O. The normalized spacial score (nSPS) is 17.0. The Morgan fingerprint density at radius 3 is 2.63 bits per heavy atom. The van der Waals surface area contributed by atoms with Gasteiger partial charge in [-0.2, -0.15) is 5.10 Å². The van der Waals surface area contributed by atoms with E-state index in [0.717, 1.165) is 11.1 Å². The Morgan fingerprint density at radius 1 is 1.10 bits per heavy atom. The molecule has 0 bridgehead atoms. The summed E-state index contributed by atoms with van der Waals surface area (Å²) >= 11 is 0. The lowest BCUT2D eigenvalue weighted by atomic mass is 10.1. The van der Waals surface area contributed by atoms with Gasteiger partial charge in [0.1, 0.15) is 0 Å². The molecule has 2 N–H and O–H groups in total. The van der Waals surface area contributed by atoms with Crippen molar-refractivity contribution in [2.24, 2.45) is 5.92 Å². The van der Waals surface area contributed by atoms with Crippen LogP contribution >= 0.6 is 0 Å². The summed E-state index contributed by atoms with van der Waals surface area (Å²) in [5.41, 5.74) is 2.76. The van der Waals surface area contributed by atoms with Crippen molar-refractivity contribution in [2.75, 3.05) is 11.9 Å². The van der Waals surface area contributed by atoms with E-state index < -0.39 is 5.92 Å². The lowest BCUT2D eigenvalue weighted by molar-refractivity contribution is -0.129. The van der Waals surface area contributed by atoms with Crippen molar-refractivity contribution in [3.63, 3.8) is 0 Å². The number of amides is 2. The number of aromatic amines is 1. The minimum Gasteiger partial charge on any atom is -0.335 e. The molecule has 1 aliphatic rings. The predicted molar refractivity (Wildman–Crippen MR) is 114 cm³/mol. The van der Waals surface area contributed by atoms with Crippen LogP contribution in [-0.2, 0) is 9.59 Å². The summed E-state index contributed by atoms with van der Waals surface area (Å²) in [5.74, 6) is -0.603. The molecule has 0 spiro atoms. The third-order valence-electron chi connectivity index (χ3n) is 5.38. The molecule has 1 aromatic heterocycles. The molecule has 1 aliphatic heterocycles. The molecule has 2 aromatic carbocycles. The number of aromatic nitrogens is 2. The maximum absolute atomic E-state index is 12.8. The van der Waals surface area contributed by atoms with Gasteiger partial charge in [-0.3, -0.25) is 14.4 Å². The lowest BCUT2D eigenvalue weighted by Gasteiger charge is -2.25. The van der Waals surface area contributed by atoms with Crippen LogP contribution in [0.5, 0.6) is 0 Å². The standard InChI is InChI=1S/C23H22N4O3/c1-15(16-6-3-2-4-7-16)27-14-18(13-22(27)29)23(30)24-19-9-5-8-17(12-19)20-10-11-21(28)26-25-20/h2-12,15,18H,13-14H2,1H3,(H,24,30)(H,26,28). The van der Waals surface area contributed by atoms with E-state index in [4.69, 9.17) is 0 Å². The average Bonchev–Trinajstić information content (AvgIpc) is 3.16. The minimum absolute atomic E-state index is 0.0160. The zero-order valence-corrected chi connectivity index (χ0v) is 16.5. The first-order valence-electron chi connectivity index (χ1n) is 9.83. The topological polar surface area (TPSA) is 95.2 Å². The highest BCUT2D eigenvalue weighted by molar-refractivity contribution is 5.97. The molecule has 0 aliphatic carbocycles. The van der Waals surface area contributed by atoms with Crippen LogP contribution in [0.15, 0.2) is 71.5 Å². The Bertz CT molecular complexity index is 1110. The van der Waals surface area contributed by atoms with Gasteiger partial charge in [0, 0.05) is 30.3 Å². The number of carbonyl (C=O) groups excluding carboxylic acids is 2. The lowest BCUT2D eigenvalue weighted by Crippen LogP contribution is -2.30. The summed E-state index contributed by atoms with van der Waals surface area (Å²) in [6.45, 7) is 2.37. The fourth-order valence-corrected chi connectivity index (χ4v) is 3.70. The van der Waals surface area contributed by atoms with Crippen LogP contribution in [0.4, 0.5) is 5.69 Å². The number of carbonyl (C=O) groups is 2. The molecule has 2 atom stereocenters. The highest BCUT2D eigenvalue weighted by Gasteiger charge is 2.37. The van der Waals surface area contributed by atoms with Crippen LogP contribution < -0.4 is 10.9 Å². The van der Waals surface area contributed by atoms with E-state index in [1.165, 1.54) is 6.07 Å². The second kappa shape index (κ2) is 8.32. The number of H-pyrrole nitrogens is 1. The molecule has 30 heavy (non-hydrogen) atoms. The van der Waals surface area contributed by atoms with E-state index in [2.05, 4.69) is 15.5 Å². The largest absolute Gasteiger partial charge is 0.335 e. The molecule has 7 heteroatoms. The van der Waals surface area contributed by atoms with Crippen LogP contribution in [-0.4, -0.2) is 33.5 Å². The number of likely N-dealkylation sites (tertiary alicyclic amines) is 1. The van der Waals surface area contributed by atoms with Gasteiger partial charge < -0.3 is 10.2 Å². The van der Waals surface area contributed by atoms with E-state index >= 15 is 0 Å². The Kier molecular flexibility index (Phi) is 5.43. The summed E-state index contributed by atoms with van der Waals surface area (Å²) in [5, 5.41) is 9.32. The number of benzene rings is 2. The summed E-state index contributed by atoms with van der Waals surface area (Å²) < 4.78 is 0. The fraction of sp³-hybridized carbons (Fsp3) is 0.217. The number of rotatable bonds is 5. The van der Waals surface area contributed by atoms with Crippen LogP contribution in [0.3, 0.4) is 0 Å². The second-order valence-corrected chi connectivity index (χ2v) is 7.41. The van der Waals surface area contributed by atoms with Crippen LogP contribution in [0.1, 0.15) is 24.9 Å². The van der Waals surface area contributed by atoms with Crippen molar-refractivity contribution in [1.82, 2.24) is 15.1 Å². The summed E-state index contributed by atoms with van der Waals surface area (Å²) in [4.78, 5) is 38.3. The van der Waals surface area contributed by atoms with Gasteiger partial charge in [-0.25, -0.2) is 5.10 Å². The van der Waals surface area contributed by atoms with Crippen molar-refractivity contribution >= 4 is 17.5 Å². The minimum atomic E-state index is -0.404. The Balaban J connectivity index is 1.44. The molecular formula is C23H22N4O3. The van der Waals surface area contributed by atoms with Gasteiger partial charge in [-0.1, -0.05) is 42.5 Å². The van der Waals surface area contributed by atoms with Gasteiger partial charge in [0.05, 0.1) is 17.7 Å². The number of nitrogens with one attached hydrogen (secondary N) is 2. The zero-order valence-electron chi connectivity index (χ0n) is 16.5. The molecule has 1 fully saturated rings. The monoisotopic (exact) mass is 402 g/mol. The van der Waals surface area contributed by atoms with Crippen LogP contribution in [0.25, 0.3) is 11.3 Å². The second-order valence-electron chi connectivity index (χ2n) is 7.41. The maximum Gasteiger partial charge on any atom is 0.264 e. The number of hydrogen-bond acceptors (Lipinski definition) is 4. The molecule has 4 rings (SSSR count). The molecule has 3 aromatic rings. The Hall–Kier alpha value is -3.74. The molecular weight excluding hydrogens is 380 g/mol. The summed E-state index contributed by atoms with van der Waals surface area (Å²) in [7, 11) is 0. The van der Waals surface area contributed by atoms with E-state index in [0.29, 0.717) is 17.9 Å². The van der Waals surface area contributed by atoms with Gasteiger partial charge >= 0.3 is 0 Å².